The van der Waals surface area contributed by atoms with Crippen LogP contribution in [0.1, 0.15) is 71.3 Å². The average molecular weight is 747 g/mol. The van der Waals surface area contributed by atoms with Gasteiger partial charge in [0.05, 0.1) is 18.2 Å². The highest BCUT2D eigenvalue weighted by Crippen LogP contribution is 2.36. The molecular weight excluding hydrogens is 712 g/mol. The van der Waals surface area contributed by atoms with E-state index in [0.29, 0.717) is 67.5 Å². The molecule has 6 rings (SSSR count). The molecule has 2 aromatic carbocycles. The lowest BCUT2D eigenvalue weighted by Gasteiger charge is -2.38. The van der Waals surface area contributed by atoms with E-state index in [2.05, 4.69) is 15.6 Å². The van der Waals surface area contributed by atoms with Gasteiger partial charge in [0.2, 0.25) is 0 Å². The van der Waals surface area contributed by atoms with Crippen LogP contribution in [-0.4, -0.2) is 53.6 Å². The number of benzene rings is 2. The second kappa shape index (κ2) is 15.8. The fourth-order valence-electron chi connectivity index (χ4n) is 6.67. The molecule has 2 fully saturated rings. The SMILES string of the molecule is COC(=O)N1CCC(c2cc(=O)[nH]o2)CC1Cc1ccc(C(F)(F)F)c(F)c1.O=c1cc([C@H]2CCN[C@H](Cc3ccc(C(F)(F)F)c(F)c3)C2)o[nH]1. The van der Waals surface area contributed by atoms with E-state index in [4.69, 9.17) is 13.8 Å². The molecule has 4 heterocycles. The maximum absolute atomic E-state index is 13.9. The summed E-state index contributed by atoms with van der Waals surface area (Å²) >= 11 is 0. The van der Waals surface area contributed by atoms with Crippen molar-refractivity contribution in [2.75, 3.05) is 20.2 Å². The van der Waals surface area contributed by atoms with Gasteiger partial charge in [0.25, 0.3) is 11.1 Å². The summed E-state index contributed by atoms with van der Waals surface area (Å²) in [5, 5.41) is 7.73. The smallest absolute Gasteiger partial charge is 0.419 e. The number of carbonyl (C=O) groups excluding carboxylic acids is 1. The van der Waals surface area contributed by atoms with Crippen LogP contribution in [0.5, 0.6) is 0 Å². The van der Waals surface area contributed by atoms with Crippen LogP contribution in [0, 0.1) is 11.6 Å². The summed E-state index contributed by atoms with van der Waals surface area (Å²) in [6.45, 7) is 0.993. The molecule has 52 heavy (non-hydrogen) atoms. The number of amides is 1. The quantitative estimate of drug-likeness (QED) is 0.183. The molecular formula is C34H34F8N4O6. The molecule has 2 unspecified atom stereocenters. The molecule has 0 bridgehead atoms. The third-order valence-corrected chi connectivity index (χ3v) is 9.14. The molecule has 282 valence electrons. The summed E-state index contributed by atoms with van der Waals surface area (Å²) in [5.41, 5.74) is -2.46. The van der Waals surface area contributed by atoms with Gasteiger partial charge in [0, 0.05) is 42.6 Å². The van der Waals surface area contributed by atoms with Crippen molar-refractivity contribution in [1.29, 1.82) is 0 Å². The Balaban J connectivity index is 0.000000203. The minimum Gasteiger partial charge on any atom is -0.453 e. The number of nitrogens with one attached hydrogen (secondary N) is 3. The molecule has 0 aliphatic carbocycles. The fraction of sp³-hybridized carbons (Fsp3) is 0.441. The molecule has 0 radical (unpaired) electrons. The van der Waals surface area contributed by atoms with E-state index in [1.807, 2.05) is 0 Å². The molecule has 2 aliphatic heterocycles. The fourth-order valence-corrected chi connectivity index (χ4v) is 6.67. The van der Waals surface area contributed by atoms with Crippen molar-refractivity contribution < 1.29 is 53.7 Å². The Morgan fingerprint density at radius 3 is 1.77 bits per heavy atom. The summed E-state index contributed by atoms with van der Waals surface area (Å²) in [5.74, 6) is -1.72. The molecule has 0 spiro atoms. The molecule has 18 heteroatoms. The van der Waals surface area contributed by atoms with Crippen molar-refractivity contribution in [2.24, 2.45) is 0 Å². The number of halogens is 8. The average Bonchev–Trinajstić information content (AvgIpc) is 3.72. The number of nitrogens with zero attached hydrogens (tertiary/aromatic N) is 1. The summed E-state index contributed by atoms with van der Waals surface area (Å²) in [6.07, 6.45) is -7.15. The van der Waals surface area contributed by atoms with Crippen molar-refractivity contribution in [1.82, 2.24) is 20.5 Å². The first kappa shape index (κ1) is 38.4. The molecule has 0 saturated carbocycles. The van der Waals surface area contributed by atoms with Crippen molar-refractivity contribution in [2.45, 2.75) is 74.8 Å². The highest BCUT2D eigenvalue weighted by Gasteiger charge is 2.37. The van der Waals surface area contributed by atoms with E-state index in [-0.39, 0.29) is 35.4 Å². The number of aromatic amines is 2. The van der Waals surface area contributed by atoms with Crippen molar-refractivity contribution in [3.8, 4) is 0 Å². The minimum absolute atomic E-state index is 0.0277. The predicted octanol–water partition coefficient (Wildman–Crippen LogP) is 6.89. The van der Waals surface area contributed by atoms with E-state index in [1.54, 1.807) is 0 Å². The summed E-state index contributed by atoms with van der Waals surface area (Å²) in [4.78, 5) is 36.0. The van der Waals surface area contributed by atoms with Crippen LogP contribution >= 0.6 is 0 Å². The summed E-state index contributed by atoms with van der Waals surface area (Å²) < 4.78 is 119. The third-order valence-electron chi connectivity index (χ3n) is 9.14. The first-order valence-corrected chi connectivity index (χ1v) is 16.2. The second-order valence-electron chi connectivity index (χ2n) is 12.7. The highest BCUT2D eigenvalue weighted by molar-refractivity contribution is 5.68. The van der Waals surface area contributed by atoms with Gasteiger partial charge in [-0.25, -0.2) is 13.6 Å². The maximum Gasteiger partial charge on any atom is 0.419 e. The van der Waals surface area contributed by atoms with E-state index in [0.717, 1.165) is 24.6 Å². The van der Waals surface area contributed by atoms with Gasteiger partial charge in [-0.05, 0) is 80.5 Å². The Bertz CT molecular complexity index is 1950. The highest BCUT2D eigenvalue weighted by atomic mass is 19.4. The number of aromatic nitrogens is 2. The van der Waals surface area contributed by atoms with Crippen molar-refractivity contribution in [3.05, 3.63) is 115 Å². The number of hydrogen-bond donors (Lipinski definition) is 3. The Labute approximate surface area is 290 Å². The standard InChI is InChI=1S/C18H18F4N2O4.C16H16F4N2O2/c1-27-17(26)24-5-4-11(15-9-16(25)23-28-15)8-12(24)6-10-2-3-13(14(19)7-10)18(20,21)22;17-13-6-9(1-2-12(13)16(18,19)20)5-11-7-10(3-4-21-11)14-8-15(23)22-24-14/h2-3,7,9,11-12H,4-6,8H2,1H3,(H,23,25);1-2,6,8,10-11,21H,3-5,7H2,(H,22,23)/t;10-,11+/m.0/s1. The van der Waals surface area contributed by atoms with Crippen LogP contribution in [0.25, 0.3) is 0 Å². The van der Waals surface area contributed by atoms with Gasteiger partial charge in [0.15, 0.2) is 0 Å². The van der Waals surface area contributed by atoms with Gasteiger partial charge >= 0.3 is 18.4 Å². The zero-order valence-electron chi connectivity index (χ0n) is 27.5. The molecule has 4 aromatic rings. The molecule has 2 aromatic heterocycles. The number of carbonyl (C=O) groups is 1. The van der Waals surface area contributed by atoms with Gasteiger partial charge in [-0.1, -0.05) is 12.1 Å². The Morgan fingerprint density at radius 1 is 0.788 bits per heavy atom. The van der Waals surface area contributed by atoms with Crippen LogP contribution in [-0.2, 0) is 29.9 Å². The molecule has 2 aliphatic rings. The largest absolute Gasteiger partial charge is 0.453 e. The molecule has 2 saturated heterocycles. The number of hydrogen-bond acceptors (Lipinski definition) is 7. The lowest BCUT2D eigenvalue weighted by atomic mass is 9.86. The van der Waals surface area contributed by atoms with Gasteiger partial charge in [0.1, 0.15) is 23.2 Å². The number of piperidine rings is 2. The van der Waals surface area contributed by atoms with Gasteiger partial charge in [-0.15, -0.1) is 0 Å². The lowest BCUT2D eigenvalue weighted by molar-refractivity contribution is -0.140. The molecule has 1 amide bonds. The van der Waals surface area contributed by atoms with Crippen LogP contribution in [0.4, 0.5) is 39.9 Å². The van der Waals surface area contributed by atoms with Crippen molar-refractivity contribution in [3.63, 3.8) is 0 Å². The van der Waals surface area contributed by atoms with Crippen LogP contribution < -0.4 is 16.4 Å². The molecule has 4 atom stereocenters. The number of H-pyrrole nitrogens is 2. The third kappa shape index (κ3) is 9.51. The van der Waals surface area contributed by atoms with Gasteiger partial charge in [-0.2, -0.15) is 36.7 Å². The Kier molecular flexibility index (Phi) is 11.7. The van der Waals surface area contributed by atoms with E-state index >= 15 is 0 Å². The van der Waals surface area contributed by atoms with Crippen LogP contribution in [0.2, 0.25) is 0 Å². The topological polar surface area (TPSA) is 134 Å². The van der Waals surface area contributed by atoms with Gasteiger partial charge < -0.3 is 24.0 Å². The van der Waals surface area contributed by atoms with E-state index < -0.39 is 47.2 Å². The maximum atomic E-state index is 13.9. The van der Waals surface area contributed by atoms with Crippen LogP contribution in [0.3, 0.4) is 0 Å². The number of methoxy groups -OCH3 is 1. The number of ether oxygens (including phenoxy) is 1. The monoisotopic (exact) mass is 746 g/mol. The number of likely N-dealkylation sites (tertiary alicyclic amines) is 1. The summed E-state index contributed by atoms with van der Waals surface area (Å²) in [6, 6.07) is 7.98. The van der Waals surface area contributed by atoms with Crippen molar-refractivity contribution >= 4 is 6.09 Å². The van der Waals surface area contributed by atoms with Gasteiger partial charge in [-0.3, -0.25) is 9.59 Å². The zero-order chi connectivity index (χ0) is 37.8. The Morgan fingerprint density at radius 2 is 1.31 bits per heavy atom. The first-order chi connectivity index (χ1) is 24.5. The first-order valence-electron chi connectivity index (χ1n) is 16.2. The number of alkyl halides is 6. The second-order valence-corrected chi connectivity index (χ2v) is 12.7. The van der Waals surface area contributed by atoms with E-state index in [9.17, 15) is 49.5 Å². The zero-order valence-corrected chi connectivity index (χ0v) is 27.5. The predicted molar refractivity (Wildman–Crippen MR) is 168 cm³/mol. The Hall–Kier alpha value is -4.87. The van der Waals surface area contributed by atoms with Crippen LogP contribution in [0.15, 0.2) is 67.2 Å². The summed E-state index contributed by atoms with van der Waals surface area (Å²) in [7, 11) is 1.23. The normalized spacial score (nSPS) is 21.0. The number of rotatable bonds is 6. The lowest BCUT2D eigenvalue weighted by Crippen LogP contribution is -2.46. The van der Waals surface area contributed by atoms with E-state index in [1.165, 1.54) is 36.3 Å². The molecule has 10 nitrogen and oxygen atoms in total. The minimum atomic E-state index is -4.78. The molecule has 3 N–H and O–H groups in total.